The summed E-state index contributed by atoms with van der Waals surface area (Å²) in [5, 5.41) is 13.8. The molecule has 0 aliphatic carbocycles. The molecule has 1 fully saturated rings. The van der Waals surface area contributed by atoms with Crippen LogP contribution < -0.4 is 0 Å². The van der Waals surface area contributed by atoms with Crippen molar-refractivity contribution in [3.05, 3.63) is 10.4 Å². The van der Waals surface area contributed by atoms with Crippen LogP contribution in [0.25, 0.3) is 10.4 Å². The fourth-order valence-corrected chi connectivity index (χ4v) is 2.54. The number of hydrogen-bond acceptors (Lipinski definition) is 7. The summed E-state index contributed by atoms with van der Waals surface area (Å²) in [6, 6.07) is -0.929. The van der Waals surface area contributed by atoms with Gasteiger partial charge in [-0.1, -0.05) is 31.8 Å². The van der Waals surface area contributed by atoms with Crippen molar-refractivity contribution >= 4 is 5.97 Å². The van der Waals surface area contributed by atoms with Gasteiger partial charge < -0.3 is 24.1 Å². The summed E-state index contributed by atoms with van der Waals surface area (Å²) >= 11 is 0. The zero-order valence-electron chi connectivity index (χ0n) is 15.2. The summed E-state index contributed by atoms with van der Waals surface area (Å²) in [6.07, 6.45) is 0.217. The number of carbonyl (C=O) groups excluding carboxylic acids is 1. The average molecular weight is 359 g/mol. The van der Waals surface area contributed by atoms with Gasteiger partial charge in [-0.2, -0.15) is 0 Å². The molecule has 1 aliphatic rings. The highest BCUT2D eigenvalue weighted by atomic mass is 16.7. The molecule has 25 heavy (non-hydrogen) atoms. The predicted molar refractivity (Wildman–Crippen MR) is 89.7 cm³/mol. The first-order chi connectivity index (χ1) is 12.0. The third kappa shape index (κ3) is 7.17. The summed E-state index contributed by atoms with van der Waals surface area (Å²) in [5.41, 5.74) is 8.79. The molecule has 0 aromatic heterocycles. The molecule has 1 saturated heterocycles. The van der Waals surface area contributed by atoms with E-state index in [1.807, 2.05) is 13.8 Å². The molecule has 1 N–H and O–H groups in total. The van der Waals surface area contributed by atoms with Gasteiger partial charge in [0, 0.05) is 25.0 Å². The van der Waals surface area contributed by atoms with Gasteiger partial charge >= 0.3 is 5.97 Å². The van der Waals surface area contributed by atoms with E-state index < -0.39 is 36.6 Å². The summed E-state index contributed by atoms with van der Waals surface area (Å²) in [7, 11) is 0. The highest BCUT2D eigenvalue weighted by Crippen LogP contribution is 2.28. The van der Waals surface area contributed by atoms with Crippen molar-refractivity contribution in [1.29, 1.82) is 0 Å². The van der Waals surface area contributed by atoms with Crippen LogP contribution in [0.1, 0.15) is 46.5 Å². The molecule has 1 rings (SSSR count). The number of rotatable bonds is 11. The Morgan fingerprint density at radius 3 is 2.32 bits per heavy atom. The molecule has 2 unspecified atom stereocenters. The van der Waals surface area contributed by atoms with E-state index in [1.165, 1.54) is 6.92 Å². The smallest absolute Gasteiger partial charge is 0.302 e. The zero-order valence-corrected chi connectivity index (χ0v) is 15.2. The molecule has 0 aromatic carbocycles. The van der Waals surface area contributed by atoms with Crippen molar-refractivity contribution in [2.75, 3.05) is 19.8 Å². The highest BCUT2D eigenvalue weighted by Gasteiger charge is 2.47. The largest absolute Gasteiger partial charge is 0.463 e. The van der Waals surface area contributed by atoms with Crippen LogP contribution in [0.2, 0.25) is 0 Å². The van der Waals surface area contributed by atoms with Gasteiger partial charge in [-0.05, 0) is 18.4 Å². The Morgan fingerprint density at radius 1 is 1.20 bits per heavy atom. The van der Waals surface area contributed by atoms with Crippen molar-refractivity contribution in [2.24, 2.45) is 5.11 Å². The van der Waals surface area contributed by atoms with Gasteiger partial charge in [-0.15, -0.1) is 0 Å². The standard InChI is InChI=1S/C16H29N3O6/c1-4-6-8-22-14-12(10-24-11(3)20)25-16(21)13(18-19-17)15(14)23-9-7-5-2/h12-16,21H,4-10H2,1-3H3/t12-,13?,14+,15?,16+/m0/s1. The van der Waals surface area contributed by atoms with Crippen LogP contribution in [-0.4, -0.2) is 61.5 Å². The number of esters is 1. The third-order valence-electron chi connectivity index (χ3n) is 3.89. The van der Waals surface area contributed by atoms with Crippen LogP contribution in [0, 0.1) is 0 Å². The number of aliphatic hydroxyl groups is 1. The summed E-state index contributed by atoms with van der Waals surface area (Å²) in [5.74, 6) is -0.453. The van der Waals surface area contributed by atoms with Crippen molar-refractivity contribution in [3.8, 4) is 0 Å². The average Bonchev–Trinajstić information content (AvgIpc) is 2.58. The molecule has 9 heteroatoms. The fraction of sp³-hybridized carbons (Fsp3) is 0.938. The van der Waals surface area contributed by atoms with Crippen molar-refractivity contribution in [3.63, 3.8) is 0 Å². The minimum Gasteiger partial charge on any atom is -0.463 e. The molecule has 0 amide bonds. The predicted octanol–water partition coefficient (Wildman–Crippen LogP) is 2.32. The van der Waals surface area contributed by atoms with Crippen molar-refractivity contribution < 1.29 is 28.8 Å². The molecule has 0 bridgehead atoms. The molecule has 9 nitrogen and oxygen atoms in total. The first-order valence-electron chi connectivity index (χ1n) is 8.79. The summed E-state index contributed by atoms with van der Waals surface area (Å²) < 4.78 is 22.3. The topological polar surface area (TPSA) is 123 Å². The second kappa shape index (κ2) is 12.1. The van der Waals surface area contributed by atoms with Crippen LogP contribution in [0.15, 0.2) is 5.11 Å². The van der Waals surface area contributed by atoms with Crippen LogP contribution in [-0.2, 0) is 23.7 Å². The number of aliphatic hydroxyl groups excluding tert-OH is 1. The van der Waals surface area contributed by atoms with E-state index >= 15 is 0 Å². The Bertz CT molecular complexity index is 444. The van der Waals surface area contributed by atoms with E-state index in [0.29, 0.717) is 13.2 Å². The molecule has 0 radical (unpaired) electrons. The minimum absolute atomic E-state index is 0.0696. The molecule has 144 valence electrons. The molecular weight excluding hydrogens is 330 g/mol. The second-order valence-corrected chi connectivity index (χ2v) is 5.94. The molecule has 1 aliphatic heterocycles. The monoisotopic (exact) mass is 359 g/mol. The number of hydrogen-bond donors (Lipinski definition) is 1. The van der Waals surface area contributed by atoms with Crippen LogP contribution in [0.5, 0.6) is 0 Å². The lowest BCUT2D eigenvalue weighted by molar-refractivity contribution is -0.268. The van der Waals surface area contributed by atoms with Gasteiger partial charge in [-0.3, -0.25) is 4.79 Å². The molecule has 5 atom stereocenters. The van der Waals surface area contributed by atoms with Crippen molar-refractivity contribution in [2.45, 2.75) is 77.1 Å². The zero-order chi connectivity index (χ0) is 18.7. The lowest BCUT2D eigenvalue weighted by Gasteiger charge is -2.43. The maximum absolute atomic E-state index is 11.1. The van der Waals surface area contributed by atoms with Gasteiger partial charge in [-0.25, -0.2) is 0 Å². The first kappa shape index (κ1) is 21.7. The van der Waals surface area contributed by atoms with E-state index in [9.17, 15) is 9.90 Å². The van der Waals surface area contributed by atoms with Gasteiger partial charge in [0.1, 0.15) is 24.9 Å². The Labute approximate surface area is 148 Å². The number of azide groups is 1. The van der Waals surface area contributed by atoms with Gasteiger partial charge in [0.25, 0.3) is 0 Å². The van der Waals surface area contributed by atoms with E-state index in [4.69, 9.17) is 24.5 Å². The van der Waals surface area contributed by atoms with E-state index in [0.717, 1.165) is 25.7 Å². The molecule has 1 heterocycles. The number of nitrogens with zero attached hydrogens (tertiary/aromatic N) is 3. The van der Waals surface area contributed by atoms with E-state index in [-0.39, 0.29) is 6.61 Å². The highest BCUT2D eigenvalue weighted by molar-refractivity contribution is 5.65. The maximum atomic E-state index is 11.1. The first-order valence-corrected chi connectivity index (χ1v) is 8.79. The lowest BCUT2D eigenvalue weighted by Crippen LogP contribution is -2.60. The summed E-state index contributed by atoms with van der Waals surface area (Å²) in [6.45, 7) is 6.21. The van der Waals surface area contributed by atoms with Crippen LogP contribution in [0.3, 0.4) is 0 Å². The second-order valence-electron chi connectivity index (χ2n) is 5.94. The SMILES string of the molecule is CCCCOC1C(N=[N+]=[N-])[C@H](O)O[C@@H](COC(C)=O)[C@H]1OCCCC. The molecule has 0 aromatic rings. The Hall–Kier alpha value is -1.38. The summed E-state index contributed by atoms with van der Waals surface area (Å²) in [4.78, 5) is 13.9. The number of ether oxygens (including phenoxy) is 4. The van der Waals surface area contributed by atoms with Crippen molar-refractivity contribution in [1.82, 2.24) is 0 Å². The normalized spacial score (nSPS) is 29.0. The Balaban J connectivity index is 2.95. The number of carbonyl (C=O) groups is 1. The number of unbranched alkanes of at least 4 members (excludes halogenated alkanes) is 2. The van der Waals surface area contributed by atoms with Gasteiger partial charge in [0.2, 0.25) is 0 Å². The fourth-order valence-electron chi connectivity index (χ4n) is 2.54. The molecular formula is C16H29N3O6. The van der Waals surface area contributed by atoms with Gasteiger partial charge in [0.15, 0.2) is 6.29 Å². The molecule has 0 saturated carbocycles. The minimum atomic E-state index is -1.35. The van der Waals surface area contributed by atoms with E-state index in [2.05, 4.69) is 10.0 Å². The Morgan fingerprint density at radius 2 is 1.80 bits per heavy atom. The van der Waals surface area contributed by atoms with Crippen LogP contribution >= 0.6 is 0 Å². The van der Waals surface area contributed by atoms with Gasteiger partial charge in [0.05, 0.1) is 6.10 Å². The molecule has 0 spiro atoms. The van der Waals surface area contributed by atoms with E-state index in [1.54, 1.807) is 0 Å². The Kier molecular flexibility index (Phi) is 10.4. The lowest BCUT2D eigenvalue weighted by atomic mass is 9.97. The third-order valence-corrected chi connectivity index (χ3v) is 3.89. The maximum Gasteiger partial charge on any atom is 0.302 e. The van der Waals surface area contributed by atoms with Crippen LogP contribution in [0.4, 0.5) is 0 Å². The quantitative estimate of drug-likeness (QED) is 0.198.